The fourth-order valence-corrected chi connectivity index (χ4v) is 5.50. The SMILES string of the molecule is C=C[C@@H]1CCN2C(=O)N(S(=O)(=O)c3ccc(C)cc3)c3ccc(Cl)cc3[C@H]12. The minimum Gasteiger partial charge on any atom is -0.316 e. The number of fused-ring (bicyclic) bond motifs is 3. The molecule has 140 valence electrons. The van der Waals surface area contributed by atoms with Gasteiger partial charge in [0.15, 0.2) is 0 Å². The number of nitrogens with zero attached hydrogens (tertiary/aromatic N) is 2. The molecule has 2 aromatic rings. The van der Waals surface area contributed by atoms with Gasteiger partial charge in [0.25, 0.3) is 10.0 Å². The summed E-state index contributed by atoms with van der Waals surface area (Å²) >= 11 is 6.19. The Labute approximate surface area is 163 Å². The lowest BCUT2D eigenvalue weighted by molar-refractivity contribution is 0.196. The van der Waals surface area contributed by atoms with Crippen molar-refractivity contribution in [1.82, 2.24) is 4.90 Å². The number of rotatable bonds is 3. The van der Waals surface area contributed by atoms with Crippen molar-refractivity contribution in [1.29, 1.82) is 0 Å². The van der Waals surface area contributed by atoms with Gasteiger partial charge in [-0.25, -0.2) is 13.2 Å². The molecule has 0 spiro atoms. The van der Waals surface area contributed by atoms with Crippen LogP contribution in [0.3, 0.4) is 0 Å². The van der Waals surface area contributed by atoms with E-state index >= 15 is 0 Å². The number of halogens is 1. The van der Waals surface area contributed by atoms with Gasteiger partial charge >= 0.3 is 6.03 Å². The number of urea groups is 1. The van der Waals surface area contributed by atoms with Gasteiger partial charge in [-0.05, 0) is 43.7 Å². The molecule has 0 aliphatic carbocycles. The van der Waals surface area contributed by atoms with E-state index in [-0.39, 0.29) is 16.9 Å². The molecule has 0 unspecified atom stereocenters. The third-order valence-electron chi connectivity index (χ3n) is 5.25. The number of benzene rings is 2. The molecule has 2 amide bonds. The molecule has 2 atom stereocenters. The Hall–Kier alpha value is -2.31. The first kappa shape index (κ1) is 18.1. The summed E-state index contributed by atoms with van der Waals surface area (Å²) in [5, 5.41) is 0.505. The van der Waals surface area contributed by atoms with Crippen LogP contribution in [0, 0.1) is 12.8 Å². The quantitative estimate of drug-likeness (QED) is 0.709. The van der Waals surface area contributed by atoms with Crippen molar-refractivity contribution < 1.29 is 13.2 Å². The van der Waals surface area contributed by atoms with Crippen LogP contribution in [-0.2, 0) is 10.0 Å². The van der Waals surface area contributed by atoms with E-state index < -0.39 is 16.1 Å². The fourth-order valence-electron chi connectivity index (χ4n) is 3.89. The van der Waals surface area contributed by atoms with Gasteiger partial charge in [0.05, 0.1) is 16.6 Å². The summed E-state index contributed by atoms with van der Waals surface area (Å²) in [5.74, 6) is 0.0652. The molecule has 1 fully saturated rings. The van der Waals surface area contributed by atoms with Crippen molar-refractivity contribution in [3.05, 3.63) is 71.3 Å². The first-order valence-corrected chi connectivity index (χ1v) is 10.5. The Morgan fingerprint density at radius 1 is 1.19 bits per heavy atom. The van der Waals surface area contributed by atoms with Crippen LogP contribution >= 0.6 is 11.6 Å². The lowest BCUT2D eigenvalue weighted by atomic mass is 9.91. The zero-order chi connectivity index (χ0) is 19.3. The summed E-state index contributed by atoms with van der Waals surface area (Å²) in [7, 11) is -4.04. The van der Waals surface area contributed by atoms with Gasteiger partial charge in [-0.2, -0.15) is 4.31 Å². The van der Waals surface area contributed by atoms with Crippen LogP contribution < -0.4 is 4.31 Å². The molecular formula is C20H19ClN2O3S. The van der Waals surface area contributed by atoms with E-state index in [2.05, 4.69) is 6.58 Å². The molecule has 4 rings (SSSR count). The van der Waals surface area contributed by atoms with Crippen LogP contribution in [0.15, 0.2) is 60.0 Å². The summed E-state index contributed by atoms with van der Waals surface area (Å²) < 4.78 is 27.6. The Morgan fingerprint density at radius 3 is 2.56 bits per heavy atom. The lowest BCUT2D eigenvalue weighted by Gasteiger charge is -2.39. The molecule has 1 saturated heterocycles. The monoisotopic (exact) mass is 402 g/mol. The number of carbonyl (C=O) groups excluding carboxylic acids is 1. The highest BCUT2D eigenvalue weighted by Crippen LogP contribution is 2.48. The molecule has 2 aromatic carbocycles. The van der Waals surface area contributed by atoms with Gasteiger partial charge in [-0.3, -0.25) is 0 Å². The van der Waals surface area contributed by atoms with Crippen LogP contribution in [0.2, 0.25) is 5.02 Å². The summed E-state index contributed by atoms with van der Waals surface area (Å²) in [6, 6.07) is 10.7. The molecule has 5 nitrogen and oxygen atoms in total. The van der Waals surface area contributed by atoms with Crippen molar-refractivity contribution in [3.63, 3.8) is 0 Å². The third kappa shape index (κ3) is 2.75. The molecule has 0 N–H and O–H groups in total. The Morgan fingerprint density at radius 2 is 1.89 bits per heavy atom. The third-order valence-corrected chi connectivity index (χ3v) is 7.19. The topological polar surface area (TPSA) is 57.7 Å². The summed E-state index contributed by atoms with van der Waals surface area (Å²) in [4.78, 5) is 14.9. The molecule has 0 saturated carbocycles. The van der Waals surface area contributed by atoms with Crippen LogP contribution in [0.1, 0.15) is 23.6 Å². The van der Waals surface area contributed by atoms with Crippen molar-refractivity contribution >= 4 is 33.3 Å². The summed E-state index contributed by atoms with van der Waals surface area (Å²) in [6.45, 7) is 6.23. The highest BCUT2D eigenvalue weighted by atomic mass is 35.5. The smallest absolute Gasteiger partial charge is 0.316 e. The molecule has 27 heavy (non-hydrogen) atoms. The number of sulfonamides is 1. The van der Waals surface area contributed by atoms with Crippen molar-refractivity contribution in [3.8, 4) is 0 Å². The Kier molecular flexibility index (Phi) is 4.28. The molecule has 0 bridgehead atoms. The first-order chi connectivity index (χ1) is 12.8. The first-order valence-electron chi connectivity index (χ1n) is 8.69. The maximum atomic E-state index is 13.3. The summed E-state index contributed by atoms with van der Waals surface area (Å²) in [5.41, 5.74) is 2.04. The number of amides is 2. The zero-order valence-corrected chi connectivity index (χ0v) is 16.4. The second kappa shape index (κ2) is 6.39. The molecular weight excluding hydrogens is 384 g/mol. The fraction of sp³-hybridized carbons (Fsp3) is 0.250. The number of hydrogen-bond donors (Lipinski definition) is 0. The van der Waals surface area contributed by atoms with E-state index in [9.17, 15) is 13.2 Å². The van der Waals surface area contributed by atoms with E-state index in [1.165, 1.54) is 12.1 Å². The van der Waals surface area contributed by atoms with Gasteiger partial charge in [0.2, 0.25) is 0 Å². The minimum atomic E-state index is -4.04. The standard InChI is InChI=1S/C20H19ClN2O3S/c1-3-14-10-11-22-19(14)17-12-15(21)6-9-18(17)23(20(22)24)27(25,26)16-7-4-13(2)5-8-16/h3-9,12,14,19H,1,10-11H2,2H3/t14-,19+/m1/s1. The van der Waals surface area contributed by atoms with Crippen LogP contribution in [0.5, 0.6) is 0 Å². The summed E-state index contributed by atoms with van der Waals surface area (Å²) in [6.07, 6.45) is 2.57. The molecule has 2 aliphatic rings. The second-order valence-electron chi connectivity index (χ2n) is 6.89. The van der Waals surface area contributed by atoms with E-state index in [4.69, 9.17) is 11.6 Å². The number of hydrogen-bond acceptors (Lipinski definition) is 3. The minimum absolute atomic E-state index is 0.0652. The van der Waals surface area contributed by atoms with E-state index in [1.807, 2.05) is 13.0 Å². The van der Waals surface area contributed by atoms with Gasteiger partial charge in [-0.15, -0.1) is 6.58 Å². The average Bonchev–Trinajstić information content (AvgIpc) is 3.07. The normalized spacial score (nSPS) is 21.8. The highest BCUT2D eigenvalue weighted by molar-refractivity contribution is 7.93. The number of aryl methyl sites for hydroxylation is 1. The van der Waals surface area contributed by atoms with E-state index in [1.54, 1.807) is 35.2 Å². The molecule has 0 radical (unpaired) electrons. The second-order valence-corrected chi connectivity index (χ2v) is 9.12. The zero-order valence-electron chi connectivity index (χ0n) is 14.8. The molecule has 2 heterocycles. The highest BCUT2D eigenvalue weighted by Gasteiger charge is 2.48. The average molecular weight is 403 g/mol. The Bertz CT molecular complexity index is 1030. The van der Waals surface area contributed by atoms with Gasteiger partial charge < -0.3 is 4.90 Å². The van der Waals surface area contributed by atoms with Gasteiger partial charge in [0, 0.05) is 23.0 Å². The number of carbonyl (C=O) groups is 1. The van der Waals surface area contributed by atoms with Crippen LogP contribution in [-0.4, -0.2) is 25.9 Å². The molecule has 0 aromatic heterocycles. The predicted octanol–water partition coefficient (Wildman–Crippen LogP) is 4.53. The maximum absolute atomic E-state index is 13.3. The van der Waals surface area contributed by atoms with Crippen LogP contribution in [0.25, 0.3) is 0 Å². The molecule has 2 aliphatic heterocycles. The largest absolute Gasteiger partial charge is 0.339 e. The van der Waals surface area contributed by atoms with Crippen molar-refractivity contribution in [2.45, 2.75) is 24.3 Å². The number of anilines is 1. The van der Waals surface area contributed by atoms with E-state index in [0.29, 0.717) is 17.3 Å². The predicted molar refractivity (Wildman–Crippen MR) is 105 cm³/mol. The van der Waals surface area contributed by atoms with Gasteiger partial charge in [-0.1, -0.05) is 35.4 Å². The van der Waals surface area contributed by atoms with Crippen molar-refractivity contribution in [2.24, 2.45) is 5.92 Å². The Balaban J connectivity index is 1.91. The van der Waals surface area contributed by atoms with Gasteiger partial charge in [0.1, 0.15) is 0 Å². The lowest BCUT2D eigenvalue weighted by Crippen LogP contribution is -2.50. The van der Waals surface area contributed by atoms with Crippen LogP contribution in [0.4, 0.5) is 10.5 Å². The molecule has 7 heteroatoms. The van der Waals surface area contributed by atoms with Crippen molar-refractivity contribution in [2.75, 3.05) is 10.8 Å². The maximum Gasteiger partial charge on any atom is 0.339 e. The van der Waals surface area contributed by atoms with E-state index in [0.717, 1.165) is 21.9 Å².